The normalized spacial score (nSPS) is 23.2. The number of rotatable bonds is 6. The van der Waals surface area contributed by atoms with Gasteiger partial charge in [-0.05, 0) is 43.1 Å². The van der Waals surface area contributed by atoms with Gasteiger partial charge in [0.05, 0.1) is 11.5 Å². The molecular formula is C18H29N3O3S. The summed E-state index contributed by atoms with van der Waals surface area (Å²) >= 11 is 0. The van der Waals surface area contributed by atoms with Crippen LogP contribution in [-0.4, -0.2) is 69.5 Å². The molecule has 0 aromatic heterocycles. The minimum atomic E-state index is -3.42. The quantitative estimate of drug-likeness (QED) is 0.823. The van der Waals surface area contributed by atoms with Gasteiger partial charge in [-0.3, -0.25) is 4.90 Å². The lowest BCUT2D eigenvalue weighted by Crippen LogP contribution is -2.52. The molecule has 1 atom stereocenters. The summed E-state index contributed by atoms with van der Waals surface area (Å²) < 4.78 is 32.9. The van der Waals surface area contributed by atoms with Gasteiger partial charge < -0.3 is 10.1 Å². The summed E-state index contributed by atoms with van der Waals surface area (Å²) in [7, 11) is -3.42. The van der Waals surface area contributed by atoms with Gasteiger partial charge in [0, 0.05) is 38.8 Å². The molecule has 0 spiro atoms. The van der Waals surface area contributed by atoms with Gasteiger partial charge in [-0.25, -0.2) is 8.42 Å². The minimum Gasteiger partial charge on any atom is -0.493 e. The van der Waals surface area contributed by atoms with E-state index < -0.39 is 10.0 Å². The number of benzene rings is 1. The van der Waals surface area contributed by atoms with Crippen LogP contribution in [0.1, 0.15) is 20.3 Å². The van der Waals surface area contributed by atoms with E-state index in [0.29, 0.717) is 42.3 Å². The molecule has 0 saturated carbocycles. The van der Waals surface area contributed by atoms with Crippen LogP contribution in [0.2, 0.25) is 0 Å². The molecule has 2 aliphatic rings. The van der Waals surface area contributed by atoms with Gasteiger partial charge in [-0.15, -0.1) is 0 Å². The third kappa shape index (κ3) is 4.53. The molecule has 1 aromatic carbocycles. The first-order chi connectivity index (χ1) is 12.0. The van der Waals surface area contributed by atoms with Gasteiger partial charge in [0.15, 0.2) is 0 Å². The first-order valence-electron chi connectivity index (χ1n) is 9.14. The van der Waals surface area contributed by atoms with Crippen LogP contribution < -0.4 is 10.1 Å². The Bertz CT molecular complexity index is 647. The maximum atomic E-state index is 12.8. The van der Waals surface area contributed by atoms with E-state index in [4.69, 9.17) is 4.74 Å². The summed E-state index contributed by atoms with van der Waals surface area (Å²) in [5.41, 5.74) is 0. The van der Waals surface area contributed by atoms with E-state index in [9.17, 15) is 8.42 Å². The summed E-state index contributed by atoms with van der Waals surface area (Å²) in [5.74, 6) is 1.15. The standard InChI is InChI=1S/C18H29N3O3S/c1-15(2)14-24-17-3-5-18(6-4-17)25(22,23)21-11-9-20(10-12-21)16-7-8-19-13-16/h3-6,15-16,19H,7-14H2,1-2H3. The molecule has 1 aromatic rings. The van der Waals surface area contributed by atoms with Gasteiger partial charge in [0.2, 0.25) is 10.0 Å². The number of piperazine rings is 1. The molecule has 2 aliphatic heterocycles. The number of hydrogen-bond donors (Lipinski definition) is 1. The molecule has 6 nitrogen and oxygen atoms in total. The minimum absolute atomic E-state index is 0.348. The highest BCUT2D eigenvalue weighted by Crippen LogP contribution is 2.22. The Hall–Kier alpha value is -1.15. The van der Waals surface area contributed by atoms with Crippen molar-refractivity contribution in [1.29, 1.82) is 0 Å². The maximum Gasteiger partial charge on any atom is 0.243 e. The zero-order chi connectivity index (χ0) is 17.9. The summed E-state index contributed by atoms with van der Waals surface area (Å²) in [6, 6.07) is 7.35. The van der Waals surface area contributed by atoms with Crippen LogP contribution in [0.25, 0.3) is 0 Å². The van der Waals surface area contributed by atoms with Crippen molar-refractivity contribution in [3.8, 4) is 5.75 Å². The molecule has 25 heavy (non-hydrogen) atoms. The van der Waals surface area contributed by atoms with Crippen LogP contribution in [0, 0.1) is 5.92 Å². The highest BCUT2D eigenvalue weighted by Gasteiger charge is 2.31. The summed E-state index contributed by atoms with van der Waals surface area (Å²) in [4.78, 5) is 2.76. The van der Waals surface area contributed by atoms with Crippen molar-refractivity contribution in [3.05, 3.63) is 24.3 Å². The average molecular weight is 368 g/mol. The monoisotopic (exact) mass is 367 g/mol. The SMILES string of the molecule is CC(C)COc1ccc(S(=O)(=O)N2CCN(C3CCNC3)CC2)cc1. The predicted octanol–water partition coefficient (Wildman–Crippen LogP) is 1.39. The number of hydrogen-bond acceptors (Lipinski definition) is 5. The molecule has 0 bridgehead atoms. The summed E-state index contributed by atoms with van der Waals surface area (Å²) in [6.45, 7) is 9.61. The summed E-state index contributed by atoms with van der Waals surface area (Å²) in [6.07, 6.45) is 1.16. The first kappa shape index (κ1) is 18.6. The largest absolute Gasteiger partial charge is 0.493 e. The van der Waals surface area contributed by atoms with Gasteiger partial charge in [-0.2, -0.15) is 4.31 Å². The van der Waals surface area contributed by atoms with Crippen molar-refractivity contribution in [2.45, 2.75) is 31.2 Å². The second-order valence-corrected chi connectivity index (χ2v) is 9.20. The van der Waals surface area contributed by atoms with Gasteiger partial charge in [0.25, 0.3) is 0 Å². The Labute approximate surface area is 151 Å². The maximum absolute atomic E-state index is 12.8. The van der Waals surface area contributed by atoms with Gasteiger partial charge in [-0.1, -0.05) is 13.8 Å². The predicted molar refractivity (Wildman–Crippen MR) is 98.4 cm³/mol. The third-order valence-electron chi connectivity index (χ3n) is 4.87. The topological polar surface area (TPSA) is 61.9 Å². The lowest BCUT2D eigenvalue weighted by molar-refractivity contribution is 0.145. The molecule has 7 heteroatoms. The second kappa shape index (κ2) is 8.03. The molecular weight excluding hydrogens is 338 g/mol. The van der Waals surface area contributed by atoms with Crippen LogP contribution in [0.4, 0.5) is 0 Å². The van der Waals surface area contributed by atoms with Crippen molar-refractivity contribution in [2.24, 2.45) is 5.92 Å². The van der Waals surface area contributed by atoms with Gasteiger partial charge >= 0.3 is 0 Å². The molecule has 0 amide bonds. The van der Waals surface area contributed by atoms with Crippen molar-refractivity contribution >= 4 is 10.0 Å². The van der Waals surface area contributed by atoms with Crippen LogP contribution in [0.5, 0.6) is 5.75 Å². The third-order valence-corrected chi connectivity index (χ3v) is 6.78. The highest BCUT2D eigenvalue weighted by atomic mass is 32.2. The zero-order valence-corrected chi connectivity index (χ0v) is 16.0. The van der Waals surface area contributed by atoms with E-state index in [1.54, 1.807) is 28.6 Å². The zero-order valence-electron chi connectivity index (χ0n) is 15.1. The molecule has 0 radical (unpaired) electrons. The highest BCUT2D eigenvalue weighted by molar-refractivity contribution is 7.89. The van der Waals surface area contributed by atoms with E-state index >= 15 is 0 Å². The Balaban J connectivity index is 1.59. The van der Waals surface area contributed by atoms with E-state index in [2.05, 4.69) is 24.1 Å². The van der Waals surface area contributed by atoms with E-state index in [0.717, 1.165) is 32.6 Å². The Kier molecular flexibility index (Phi) is 5.99. The van der Waals surface area contributed by atoms with Crippen LogP contribution in [-0.2, 0) is 10.0 Å². The molecule has 3 rings (SSSR count). The number of nitrogens with zero attached hydrogens (tertiary/aromatic N) is 2. The Morgan fingerprint density at radius 3 is 2.40 bits per heavy atom. The van der Waals surface area contributed by atoms with Crippen molar-refractivity contribution in [1.82, 2.24) is 14.5 Å². The fourth-order valence-corrected chi connectivity index (χ4v) is 4.80. The molecule has 0 aliphatic carbocycles. The summed E-state index contributed by atoms with van der Waals surface area (Å²) in [5, 5.41) is 3.37. The fourth-order valence-electron chi connectivity index (χ4n) is 3.38. The van der Waals surface area contributed by atoms with Crippen molar-refractivity contribution in [3.63, 3.8) is 0 Å². The molecule has 2 fully saturated rings. The number of sulfonamides is 1. The molecule has 1 unspecified atom stereocenters. The van der Waals surface area contributed by atoms with E-state index in [1.807, 2.05) is 0 Å². The lowest BCUT2D eigenvalue weighted by atomic mass is 10.2. The van der Waals surface area contributed by atoms with Crippen molar-refractivity contribution < 1.29 is 13.2 Å². The Morgan fingerprint density at radius 1 is 1.16 bits per heavy atom. The average Bonchev–Trinajstić information content (AvgIpc) is 3.15. The van der Waals surface area contributed by atoms with E-state index in [1.165, 1.54) is 0 Å². The first-order valence-corrected chi connectivity index (χ1v) is 10.6. The second-order valence-electron chi connectivity index (χ2n) is 7.26. The molecule has 1 N–H and O–H groups in total. The van der Waals surface area contributed by atoms with Gasteiger partial charge in [0.1, 0.15) is 5.75 Å². The van der Waals surface area contributed by atoms with Crippen LogP contribution in [0.3, 0.4) is 0 Å². The molecule has 2 heterocycles. The van der Waals surface area contributed by atoms with Crippen LogP contribution in [0.15, 0.2) is 29.2 Å². The Morgan fingerprint density at radius 2 is 1.84 bits per heavy atom. The molecule has 2 saturated heterocycles. The smallest absolute Gasteiger partial charge is 0.243 e. The van der Waals surface area contributed by atoms with Crippen molar-refractivity contribution in [2.75, 3.05) is 45.9 Å². The fraction of sp³-hybridized carbons (Fsp3) is 0.667. The number of ether oxygens (including phenoxy) is 1. The van der Waals surface area contributed by atoms with Crippen LogP contribution >= 0.6 is 0 Å². The number of nitrogens with one attached hydrogen (secondary N) is 1. The molecule has 140 valence electrons. The lowest BCUT2D eigenvalue weighted by Gasteiger charge is -2.37. The van der Waals surface area contributed by atoms with E-state index in [-0.39, 0.29) is 0 Å².